The monoisotopic (exact) mass is 244 g/mol. The van der Waals surface area contributed by atoms with Crippen LogP contribution in [0.4, 0.5) is 8.78 Å². The zero-order valence-electron chi connectivity index (χ0n) is 8.46. The molecule has 0 aliphatic carbocycles. The minimum absolute atomic E-state index is 0.102. The van der Waals surface area contributed by atoms with Gasteiger partial charge in [0, 0.05) is 11.6 Å². The van der Waals surface area contributed by atoms with Crippen molar-refractivity contribution < 1.29 is 13.6 Å². The second-order valence-electron chi connectivity index (χ2n) is 3.26. The number of hydrogen-bond donors (Lipinski definition) is 2. The Kier molecular flexibility index (Phi) is 3.89. The topological polar surface area (TPSA) is 55.1 Å². The average molecular weight is 244 g/mol. The molecule has 0 saturated heterocycles. The molecule has 1 unspecified atom stereocenters. The first-order chi connectivity index (χ1) is 7.40. The minimum Gasteiger partial charge on any atom is -0.392 e. The van der Waals surface area contributed by atoms with Crippen molar-refractivity contribution >= 4 is 23.1 Å². The second-order valence-corrected chi connectivity index (χ2v) is 3.73. The molecule has 0 aliphatic heterocycles. The number of nitrogens with one attached hydrogen (secondary N) is 1. The van der Waals surface area contributed by atoms with Crippen LogP contribution in [0.2, 0.25) is 0 Å². The van der Waals surface area contributed by atoms with Crippen LogP contribution >= 0.6 is 12.2 Å². The Balaban J connectivity index is 2.84. The summed E-state index contributed by atoms with van der Waals surface area (Å²) in [5.41, 5.74) is 5.18. The zero-order chi connectivity index (χ0) is 12.3. The van der Waals surface area contributed by atoms with Crippen molar-refractivity contribution in [2.24, 2.45) is 5.73 Å². The Morgan fingerprint density at radius 2 is 1.88 bits per heavy atom. The normalized spacial score (nSPS) is 11.9. The van der Waals surface area contributed by atoms with E-state index in [1.165, 1.54) is 0 Å². The molecule has 0 aromatic heterocycles. The van der Waals surface area contributed by atoms with Gasteiger partial charge in [0.15, 0.2) is 0 Å². The first-order valence-corrected chi connectivity index (χ1v) is 4.87. The Labute approximate surface area is 96.6 Å². The number of carbonyl (C=O) groups excluding carboxylic acids is 1. The summed E-state index contributed by atoms with van der Waals surface area (Å²) in [6.45, 7) is 1.58. The standard InChI is InChI=1S/C10H10F2N2OS/c1-5(9(13)16)14-10(15)6-2-7(11)4-8(12)3-6/h2-5H,1H3,(H2,13,16)(H,14,15). The van der Waals surface area contributed by atoms with Gasteiger partial charge in [0.2, 0.25) is 0 Å². The molecule has 3 N–H and O–H groups in total. The van der Waals surface area contributed by atoms with E-state index in [4.69, 9.17) is 5.73 Å². The molecule has 1 aromatic carbocycles. The molecule has 6 heteroatoms. The smallest absolute Gasteiger partial charge is 0.252 e. The first-order valence-electron chi connectivity index (χ1n) is 4.46. The third-order valence-corrected chi connectivity index (χ3v) is 2.25. The van der Waals surface area contributed by atoms with Gasteiger partial charge >= 0.3 is 0 Å². The van der Waals surface area contributed by atoms with Gasteiger partial charge in [-0.05, 0) is 19.1 Å². The molecule has 16 heavy (non-hydrogen) atoms. The summed E-state index contributed by atoms with van der Waals surface area (Å²) in [4.78, 5) is 11.6. The molecule has 3 nitrogen and oxygen atoms in total. The number of amides is 1. The van der Waals surface area contributed by atoms with Gasteiger partial charge in [0.25, 0.3) is 5.91 Å². The molecule has 0 saturated carbocycles. The average Bonchev–Trinajstić information content (AvgIpc) is 2.15. The first kappa shape index (κ1) is 12.5. The molecule has 0 fully saturated rings. The largest absolute Gasteiger partial charge is 0.392 e. The van der Waals surface area contributed by atoms with E-state index in [2.05, 4.69) is 17.5 Å². The summed E-state index contributed by atoms with van der Waals surface area (Å²) >= 11 is 4.65. The van der Waals surface area contributed by atoms with E-state index in [0.29, 0.717) is 6.07 Å². The molecule has 0 bridgehead atoms. The van der Waals surface area contributed by atoms with Crippen LogP contribution in [0.1, 0.15) is 17.3 Å². The quantitative estimate of drug-likeness (QED) is 0.789. The number of thiocarbonyl (C=S) groups is 1. The van der Waals surface area contributed by atoms with E-state index in [0.717, 1.165) is 12.1 Å². The number of hydrogen-bond acceptors (Lipinski definition) is 2. The van der Waals surface area contributed by atoms with Crippen LogP contribution in [0.25, 0.3) is 0 Å². The van der Waals surface area contributed by atoms with Gasteiger partial charge < -0.3 is 11.1 Å². The molecular formula is C10H10F2N2OS. The summed E-state index contributed by atoms with van der Waals surface area (Å²) in [7, 11) is 0. The SMILES string of the molecule is CC(NC(=O)c1cc(F)cc(F)c1)C(N)=S. The maximum atomic E-state index is 12.8. The summed E-state index contributed by atoms with van der Waals surface area (Å²) < 4.78 is 25.6. The van der Waals surface area contributed by atoms with Gasteiger partial charge in [0.05, 0.1) is 11.0 Å². The third-order valence-electron chi connectivity index (χ3n) is 1.90. The fourth-order valence-corrected chi connectivity index (χ4v) is 1.09. The van der Waals surface area contributed by atoms with Crippen molar-refractivity contribution in [1.29, 1.82) is 0 Å². The lowest BCUT2D eigenvalue weighted by atomic mass is 10.2. The number of carbonyl (C=O) groups is 1. The molecule has 86 valence electrons. The lowest BCUT2D eigenvalue weighted by Crippen LogP contribution is -2.41. The summed E-state index contributed by atoms with van der Waals surface area (Å²) in [5.74, 6) is -2.25. The van der Waals surface area contributed by atoms with E-state index in [1.807, 2.05) is 0 Å². The maximum absolute atomic E-state index is 12.8. The highest BCUT2D eigenvalue weighted by Gasteiger charge is 2.13. The van der Waals surface area contributed by atoms with Gasteiger partial charge in [-0.25, -0.2) is 8.78 Å². The van der Waals surface area contributed by atoms with Crippen LogP contribution in [0, 0.1) is 11.6 Å². The van der Waals surface area contributed by atoms with Gasteiger partial charge in [-0.3, -0.25) is 4.79 Å². The van der Waals surface area contributed by atoms with Crippen LogP contribution in [-0.2, 0) is 0 Å². The zero-order valence-corrected chi connectivity index (χ0v) is 9.28. The Hall–Kier alpha value is -1.56. The molecule has 1 aromatic rings. The highest BCUT2D eigenvalue weighted by Crippen LogP contribution is 2.08. The van der Waals surface area contributed by atoms with Gasteiger partial charge in [-0.1, -0.05) is 12.2 Å². The highest BCUT2D eigenvalue weighted by atomic mass is 32.1. The number of rotatable bonds is 3. The third kappa shape index (κ3) is 3.23. The number of halogens is 2. The maximum Gasteiger partial charge on any atom is 0.252 e. The van der Waals surface area contributed by atoms with Crippen molar-refractivity contribution in [1.82, 2.24) is 5.32 Å². The van der Waals surface area contributed by atoms with E-state index in [-0.39, 0.29) is 10.6 Å². The van der Waals surface area contributed by atoms with E-state index in [1.54, 1.807) is 6.92 Å². The Bertz CT molecular complexity index is 417. The molecule has 0 spiro atoms. The number of nitrogens with two attached hydrogens (primary N) is 1. The predicted octanol–water partition coefficient (Wildman–Crippen LogP) is 1.37. The molecule has 0 heterocycles. The highest BCUT2D eigenvalue weighted by molar-refractivity contribution is 7.80. The Morgan fingerprint density at radius 1 is 1.38 bits per heavy atom. The van der Waals surface area contributed by atoms with Crippen molar-refractivity contribution in [2.45, 2.75) is 13.0 Å². The predicted molar refractivity (Wildman–Crippen MR) is 60.1 cm³/mol. The fourth-order valence-electron chi connectivity index (χ4n) is 1.04. The van der Waals surface area contributed by atoms with Gasteiger partial charge in [-0.15, -0.1) is 0 Å². The lowest BCUT2D eigenvalue weighted by Gasteiger charge is -2.12. The van der Waals surface area contributed by atoms with Crippen molar-refractivity contribution in [3.05, 3.63) is 35.4 Å². The van der Waals surface area contributed by atoms with Crippen molar-refractivity contribution in [3.63, 3.8) is 0 Å². The van der Waals surface area contributed by atoms with Crippen LogP contribution in [0.15, 0.2) is 18.2 Å². The van der Waals surface area contributed by atoms with Gasteiger partial charge in [-0.2, -0.15) is 0 Å². The van der Waals surface area contributed by atoms with E-state index in [9.17, 15) is 13.6 Å². The minimum atomic E-state index is -0.812. The second kappa shape index (κ2) is 4.98. The molecule has 1 amide bonds. The fraction of sp³-hybridized carbons (Fsp3) is 0.200. The molecule has 1 atom stereocenters. The molecule has 1 rings (SSSR count). The van der Waals surface area contributed by atoms with Gasteiger partial charge in [0.1, 0.15) is 11.6 Å². The summed E-state index contributed by atoms with van der Waals surface area (Å²) in [6, 6.07) is 2.03. The Morgan fingerprint density at radius 3 is 2.31 bits per heavy atom. The van der Waals surface area contributed by atoms with Crippen molar-refractivity contribution in [3.8, 4) is 0 Å². The van der Waals surface area contributed by atoms with Crippen molar-refractivity contribution in [2.75, 3.05) is 0 Å². The van der Waals surface area contributed by atoms with Crippen LogP contribution < -0.4 is 11.1 Å². The van der Waals surface area contributed by atoms with E-state index >= 15 is 0 Å². The lowest BCUT2D eigenvalue weighted by molar-refractivity contribution is 0.0948. The summed E-state index contributed by atoms with van der Waals surface area (Å²) in [5, 5.41) is 2.41. The van der Waals surface area contributed by atoms with Crippen LogP contribution in [-0.4, -0.2) is 16.9 Å². The van der Waals surface area contributed by atoms with Crippen LogP contribution in [0.5, 0.6) is 0 Å². The number of benzene rings is 1. The molecule has 0 radical (unpaired) electrons. The molecule has 0 aliphatic rings. The van der Waals surface area contributed by atoms with E-state index < -0.39 is 23.6 Å². The molecular weight excluding hydrogens is 234 g/mol. The summed E-state index contributed by atoms with van der Waals surface area (Å²) in [6.07, 6.45) is 0. The van der Waals surface area contributed by atoms with Crippen LogP contribution in [0.3, 0.4) is 0 Å².